The Hall–Kier alpha value is -2.71. The third-order valence-electron chi connectivity index (χ3n) is 9.74. The predicted octanol–water partition coefficient (Wildman–Crippen LogP) is 12.0. The quantitative estimate of drug-likeness (QED) is 0.0287. The molecule has 0 aromatic heterocycles. The summed E-state index contributed by atoms with van der Waals surface area (Å²) in [6.45, 7) is 4.60. The van der Waals surface area contributed by atoms with Gasteiger partial charge in [0, 0.05) is 19.3 Å². The number of hydrogen-bond donors (Lipinski definition) is 1. The van der Waals surface area contributed by atoms with E-state index in [1.807, 2.05) is 21.1 Å². The first-order valence-corrected chi connectivity index (χ1v) is 22.2. The van der Waals surface area contributed by atoms with Gasteiger partial charge in [-0.3, -0.25) is 9.59 Å². The zero-order valence-corrected chi connectivity index (χ0v) is 36.1. The number of rotatable bonds is 39. The van der Waals surface area contributed by atoms with Gasteiger partial charge in [-0.1, -0.05) is 159 Å². The molecule has 1 N–H and O–H groups in total. The number of hydrogen-bond acceptors (Lipinski definition) is 6. The largest absolute Gasteiger partial charge is 0.477 e. The van der Waals surface area contributed by atoms with Gasteiger partial charge in [0.05, 0.1) is 34.4 Å². The van der Waals surface area contributed by atoms with Gasteiger partial charge in [-0.15, -0.1) is 0 Å². The van der Waals surface area contributed by atoms with Crippen molar-refractivity contribution in [2.75, 3.05) is 41.0 Å². The number of carbonyl (C=O) groups excluding carboxylic acids is 2. The highest BCUT2D eigenvalue weighted by atomic mass is 16.6. The van der Waals surface area contributed by atoms with E-state index in [-0.39, 0.29) is 36.2 Å². The number of unbranched alkanes of at least 4 members (excludes halogenated alkanes) is 17. The van der Waals surface area contributed by atoms with Gasteiger partial charge in [0.2, 0.25) is 0 Å². The Morgan fingerprint density at radius 2 is 1.02 bits per heavy atom. The molecule has 0 rings (SSSR count). The molecule has 0 radical (unpaired) electrons. The first kappa shape index (κ1) is 52.3. The van der Waals surface area contributed by atoms with Crippen molar-refractivity contribution < 1.29 is 38.2 Å². The molecular weight excluding hydrogens is 691 g/mol. The van der Waals surface area contributed by atoms with Crippen molar-refractivity contribution in [3.63, 3.8) is 0 Å². The van der Waals surface area contributed by atoms with Crippen LogP contribution in [-0.2, 0) is 28.6 Å². The number of quaternary nitrogens is 1. The van der Waals surface area contributed by atoms with E-state index in [9.17, 15) is 19.5 Å². The fourth-order valence-electron chi connectivity index (χ4n) is 6.32. The molecule has 0 fully saturated rings. The summed E-state index contributed by atoms with van der Waals surface area (Å²) in [6.07, 6.45) is 44.4. The van der Waals surface area contributed by atoms with Crippen molar-refractivity contribution in [3.05, 3.63) is 48.6 Å². The fourth-order valence-corrected chi connectivity index (χ4v) is 6.32. The van der Waals surface area contributed by atoms with Crippen molar-refractivity contribution in [2.45, 2.75) is 193 Å². The van der Waals surface area contributed by atoms with E-state index < -0.39 is 18.1 Å². The third-order valence-corrected chi connectivity index (χ3v) is 9.74. The average Bonchev–Trinajstić information content (AvgIpc) is 3.14. The van der Waals surface area contributed by atoms with E-state index in [4.69, 9.17) is 14.2 Å². The molecule has 0 spiro atoms. The lowest BCUT2D eigenvalue weighted by Gasteiger charge is -2.31. The van der Waals surface area contributed by atoms with E-state index in [2.05, 4.69) is 62.5 Å². The van der Waals surface area contributed by atoms with Crippen molar-refractivity contribution >= 4 is 17.9 Å². The van der Waals surface area contributed by atoms with E-state index in [0.29, 0.717) is 19.3 Å². The second-order valence-corrected chi connectivity index (χ2v) is 15.9. The Morgan fingerprint density at radius 3 is 1.51 bits per heavy atom. The Morgan fingerprint density at radius 1 is 0.564 bits per heavy atom. The molecule has 0 aromatic rings. The molecule has 0 saturated heterocycles. The van der Waals surface area contributed by atoms with E-state index in [1.165, 1.54) is 77.0 Å². The number of allylic oxidation sites excluding steroid dienone is 8. The van der Waals surface area contributed by atoms with Crippen molar-refractivity contribution in [2.24, 2.45) is 0 Å². The molecule has 0 bridgehead atoms. The molecule has 8 heteroatoms. The van der Waals surface area contributed by atoms with Crippen molar-refractivity contribution in [1.29, 1.82) is 0 Å². The molecular formula is C47H84NO7+. The fraction of sp³-hybridized carbons (Fsp3) is 0.766. The first-order chi connectivity index (χ1) is 26.6. The molecule has 55 heavy (non-hydrogen) atoms. The second kappa shape index (κ2) is 38.2. The van der Waals surface area contributed by atoms with Crippen LogP contribution in [0.3, 0.4) is 0 Å². The highest BCUT2D eigenvalue weighted by molar-refractivity contribution is 5.72. The SMILES string of the molecule is CC/C=C/C/C=C/C/C=C/C/C=C/CCCCCCCCCCCC(=O)OC(COCCC(C(=O)O)[N+](C)(C)C)COC(=O)CCCCCCCCCCC. The molecule has 2 unspecified atom stereocenters. The summed E-state index contributed by atoms with van der Waals surface area (Å²) in [5.74, 6) is -1.48. The normalized spacial score (nSPS) is 13.4. The van der Waals surface area contributed by atoms with Gasteiger partial charge < -0.3 is 23.8 Å². The number of esters is 2. The monoisotopic (exact) mass is 775 g/mol. The third kappa shape index (κ3) is 36.7. The van der Waals surface area contributed by atoms with Gasteiger partial charge in [0.15, 0.2) is 12.1 Å². The summed E-state index contributed by atoms with van der Waals surface area (Å²) < 4.78 is 17.2. The Kier molecular flexibility index (Phi) is 36.3. The minimum absolute atomic E-state index is 0.0524. The van der Waals surface area contributed by atoms with E-state index >= 15 is 0 Å². The summed E-state index contributed by atoms with van der Waals surface area (Å²) in [7, 11) is 5.52. The molecule has 0 aliphatic heterocycles. The standard InChI is InChI=1S/C47H83NO7/c1-6-8-10-12-14-16-17-18-19-20-21-22-23-24-25-26-27-28-30-32-34-36-38-46(50)55-43(41-53-40-39-44(47(51)52)48(3,4)5)42-54-45(49)37-35-33-31-29-15-13-11-9-7-2/h8,10,14,16,18-19,21-22,43-44H,6-7,9,11-13,15,17,20,23-42H2,1-5H3/p+1/b10-8+,16-14+,19-18+,22-21+. The molecule has 0 saturated carbocycles. The summed E-state index contributed by atoms with van der Waals surface area (Å²) in [6, 6.07) is -0.614. The van der Waals surface area contributed by atoms with Crippen LogP contribution in [0.4, 0.5) is 0 Å². The van der Waals surface area contributed by atoms with Gasteiger partial charge in [-0.2, -0.15) is 0 Å². The maximum atomic E-state index is 12.7. The first-order valence-electron chi connectivity index (χ1n) is 22.2. The molecule has 0 heterocycles. The molecule has 8 nitrogen and oxygen atoms in total. The Bertz CT molecular complexity index is 1040. The number of nitrogens with zero attached hydrogens (tertiary/aromatic N) is 1. The number of aliphatic carboxylic acids is 1. The van der Waals surface area contributed by atoms with Crippen molar-refractivity contribution in [3.8, 4) is 0 Å². The predicted molar refractivity (Wildman–Crippen MR) is 229 cm³/mol. The van der Waals surface area contributed by atoms with Crippen LogP contribution in [0.25, 0.3) is 0 Å². The molecule has 0 aliphatic rings. The minimum atomic E-state index is -0.877. The van der Waals surface area contributed by atoms with Crippen LogP contribution in [0.5, 0.6) is 0 Å². The maximum absolute atomic E-state index is 12.7. The maximum Gasteiger partial charge on any atom is 0.362 e. The summed E-state index contributed by atoms with van der Waals surface area (Å²) >= 11 is 0. The van der Waals surface area contributed by atoms with Crippen molar-refractivity contribution in [1.82, 2.24) is 0 Å². The van der Waals surface area contributed by atoms with Crippen LogP contribution in [0.2, 0.25) is 0 Å². The van der Waals surface area contributed by atoms with Gasteiger partial charge >= 0.3 is 17.9 Å². The lowest BCUT2D eigenvalue weighted by molar-refractivity contribution is -0.887. The highest BCUT2D eigenvalue weighted by Crippen LogP contribution is 2.14. The van der Waals surface area contributed by atoms with Crippen LogP contribution in [0.1, 0.15) is 181 Å². The smallest absolute Gasteiger partial charge is 0.362 e. The molecule has 0 aliphatic carbocycles. The lowest BCUT2D eigenvalue weighted by Crippen LogP contribution is -2.50. The second-order valence-electron chi connectivity index (χ2n) is 15.9. The Labute approximate surface area is 337 Å². The number of likely N-dealkylation sites (N-methyl/N-ethyl adjacent to an activating group) is 1. The van der Waals surface area contributed by atoms with Gasteiger partial charge in [0.1, 0.15) is 6.61 Å². The molecule has 0 amide bonds. The zero-order valence-electron chi connectivity index (χ0n) is 36.1. The number of ether oxygens (including phenoxy) is 3. The topological polar surface area (TPSA) is 99.1 Å². The van der Waals surface area contributed by atoms with E-state index in [1.54, 1.807) is 0 Å². The van der Waals surface area contributed by atoms with Crippen LogP contribution in [0, 0.1) is 0 Å². The Balaban J connectivity index is 4.25. The number of carbonyl (C=O) groups is 3. The highest BCUT2D eigenvalue weighted by Gasteiger charge is 2.31. The minimum Gasteiger partial charge on any atom is -0.477 e. The molecule has 318 valence electrons. The lowest BCUT2D eigenvalue weighted by atomic mass is 10.1. The van der Waals surface area contributed by atoms with Gasteiger partial charge in [-0.05, 0) is 51.4 Å². The van der Waals surface area contributed by atoms with Crippen LogP contribution in [-0.4, -0.2) is 80.6 Å². The summed E-state index contributed by atoms with van der Waals surface area (Å²) in [5, 5.41) is 9.60. The molecule has 2 atom stereocenters. The van der Waals surface area contributed by atoms with Crippen LogP contribution >= 0.6 is 0 Å². The zero-order chi connectivity index (χ0) is 40.7. The number of carboxylic acids is 1. The van der Waals surface area contributed by atoms with E-state index in [0.717, 1.165) is 70.6 Å². The average molecular weight is 775 g/mol. The number of carboxylic acid groups (broad SMARTS) is 1. The summed E-state index contributed by atoms with van der Waals surface area (Å²) in [4.78, 5) is 36.9. The van der Waals surface area contributed by atoms with Gasteiger partial charge in [0.25, 0.3) is 0 Å². The molecule has 0 aromatic carbocycles. The van der Waals surface area contributed by atoms with Crippen LogP contribution in [0.15, 0.2) is 48.6 Å². The van der Waals surface area contributed by atoms with Crippen LogP contribution < -0.4 is 0 Å². The van der Waals surface area contributed by atoms with Gasteiger partial charge in [-0.25, -0.2) is 4.79 Å². The summed E-state index contributed by atoms with van der Waals surface area (Å²) in [5.41, 5.74) is 0.